The lowest BCUT2D eigenvalue weighted by Crippen LogP contribution is -2.16. The maximum atomic E-state index is 12.5. The second kappa shape index (κ2) is 9.43. The monoisotopic (exact) mass is 428 g/mol. The number of Topliss-reactive ketones (excluding diaryl/α,β-unsaturated/α-hetero) is 1. The molecule has 1 aliphatic carbocycles. The molecular formula is C23H28N2O4S. The molecule has 0 aromatic heterocycles. The number of amides is 1. The van der Waals surface area contributed by atoms with Crippen molar-refractivity contribution in [2.75, 3.05) is 15.8 Å². The van der Waals surface area contributed by atoms with E-state index in [0.717, 1.165) is 19.3 Å². The third-order valence-electron chi connectivity index (χ3n) is 5.41. The predicted molar refractivity (Wildman–Crippen MR) is 120 cm³/mol. The highest BCUT2D eigenvalue weighted by Gasteiger charge is 2.15. The third-order valence-corrected chi connectivity index (χ3v) is 6.70. The molecule has 2 aromatic carbocycles. The number of carbonyl (C=O) groups is 2. The zero-order valence-electron chi connectivity index (χ0n) is 17.5. The number of rotatable bonds is 8. The van der Waals surface area contributed by atoms with Crippen LogP contribution in [0.5, 0.6) is 0 Å². The van der Waals surface area contributed by atoms with Gasteiger partial charge in [0.25, 0.3) is 0 Å². The molecule has 0 heterocycles. The van der Waals surface area contributed by atoms with E-state index in [0.29, 0.717) is 22.5 Å². The number of sulfonamides is 1. The van der Waals surface area contributed by atoms with Crippen LogP contribution < -0.4 is 10.0 Å². The van der Waals surface area contributed by atoms with Gasteiger partial charge in [-0.25, -0.2) is 8.42 Å². The van der Waals surface area contributed by atoms with Gasteiger partial charge in [0.1, 0.15) is 0 Å². The van der Waals surface area contributed by atoms with Crippen LogP contribution in [0.1, 0.15) is 59.7 Å². The van der Waals surface area contributed by atoms with E-state index in [-0.39, 0.29) is 30.3 Å². The quantitative estimate of drug-likeness (QED) is 0.615. The molecule has 0 unspecified atom stereocenters. The molecule has 2 N–H and O–H groups in total. The fraction of sp³-hybridized carbons (Fsp3) is 0.391. The molecule has 1 amide bonds. The molecule has 0 atom stereocenters. The first-order valence-electron chi connectivity index (χ1n) is 10.3. The normalized spacial score (nSPS) is 13.4. The van der Waals surface area contributed by atoms with E-state index in [1.54, 1.807) is 32.0 Å². The Hall–Kier alpha value is -2.67. The highest BCUT2D eigenvalue weighted by molar-refractivity contribution is 7.92. The van der Waals surface area contributed by atoms with Gasteiger partial charge in [0.15, 0.2) is 5.78 Å². The number of nitrogens with one attached hydrogen (secondary N) is 2. The van der Waals surface area contributed by atoms with E-state index in [1.165, 1.54) is 17.5 Å². The molecule has 7 heteroatoms. The van der Waals surface area contributed by atoms with Crippen LogP contribution in [0.2, 0.25) is 0 Å². The van der Waals surface area contributed by atoms with Crippen molar-refractivity contribution in [1.82, 2.24) is 0 Å². The van der Waals surface area contributed by atoms with Gasteiger partial charge in [0, 0.05) is 24.1 Å². The first-order valence-corrected chi connectivity index (χ1v) is 12.0. The molecule has 2 aromatic rings. The lowest BCUT2D eigenvalue weighted by molar-refractivity contribution is -0.116. The Bertz CT molecular complexity index is 1060. The Balaban J connectivity index is 1.55. The Morgan fingerprint density at radius 2 is 1.70 bits per heavy atom. The molecule has 0 fully saturated rings. The highest BCUT2D eigenvalue weighted by Crippen LogP contribution is 2.23. The topological polar surface area (TPSA) is 92.3 Å². The number of benzene rings is 2. The number of hydrogen-bond donors (Lipinski definition) is 2. The van der Waals surface area contributed by atoms with Crippen LogP contribution in [0.4, 0.5) is 11.4 Å². The second-order valence-corrected chi connectivity index (χ2v) is 9.71. The van der Waals surface area contributed by atoms with Crippen molar-refractivity contribution in [2.45, 2.75) is 52.4 Å². The summed E-state index contributed by atoms with van der Waals surface area (Å²) in [4.78, 5) is 24.8. The molecule has 0 radical (unpaired) electrons. The van der Waals surface area contributed by atoms with Gasteiger partial charge in [-0.3, -0.25) is 14.3 Å². The maximum Gasteiger partial charge on any atom is 0.232 e. The minimum Gasteiger partial charge on any atom is -0.326 e. The number of ketones is 1. The first kappa shape index (κ1) is 22.0. The molecule has 3 rings (SSSR count). The van der Waals surface area contributed by atoms with Crippen molar-refractivity contribution in [2.24, 2.45) is 0 Å². The Morgan fingerprint density at radius 1 is 0.967 bits per heavy atom. The van der Waals surface area contributed by atoms with Gasteiger partial charge in [0.05, 0.1) is 11.4 Å². The first-order chi connectivity index (χ1) is 14.3. The van der Waals surface area contributed by atoms with Gasteiger partial charge in [0.2, 0.25) is 15.9 Å². The molecule has 30 heavy (non-hydrogen) atoms. The summed E-state index contributed by atoms with van der Waals surface area (Å²) in [5, 5.41) is 2.78. The molecule has 0 aliphatic heterocycles. The fourth-order valence-electron chi connectivity index (χ4n) is 3.60. The number of hydrogen-bond acceptors (Lipinski definition) is 4. The fourth-order valence-corrected chi connectivity index (χ4v) is 4.31. The standard InChI is InChI=1S/C23H28N2O4S/c1-3-30(28,29)25-21-11-10-20(14-16(21)2)24-23(27)13-12-22(26)19-9-8-17-6-4-5-7-18(17)15-19/h8-11,14-15,25H,3-7,12-13H2,1-2H3,(H,24,27). The largest absolute Gasteiger partial charge is 0.326 e. The van der Waals surface area contributed by atoms with Gasteiger partial charge >= 0.3 is 0 Å². The van der Waals surface area contributed by atoms with Crippen LogP contribution in [0, 0.1) is 6.92 Å². The predicted octanol–water partition coefficient (Wildman–Crippen LogP) is 4.24. The molecule has 1 aliphatic rings. The summed E-state index contributed by atoms with van der Waals surface area (Å²) >= 11 is 0. The Labute approximate surface area is 178 Å². The molecule has 0 saturated carbocycles. The lowest BCUT2D eigenvalue weighted by Gasteiger charge is -2.16. The van der Waals surface area contributed by atoms with Crippen LogP contribution in [-0.2, 0) is 27.7 Å². The Morgan fingerprint density at radius 3 is 2.40 bits per heavy atom. The van der Waals surface area contributed by atoms with E-state index in [2.05, 4.69) is 10.0 Å². The third kappa shape index (κ3) is 5.69. The summed E-state index contributed by atoms with van der Waals surface area (Å²) < 4.78 is 25.9. The summed E-state index contributed by atoms with van der Waals surface area (Å²) in [7, 11) is -3.36. The average Bonchev–Trinajstić information content (AvgIpc) is 2.73. The average molecular weight is 429 g/mol. The van der Waals surface area contributed by atoms with Crippen molar-refractivity contribution in [3.8, 4) is 0 Å². The molecule has 0 bridgehead atoms. The zero-order chi connectivity index (χ0) is 21.7. The summed E-state index contributed by atoms with van der Waals surface area (Å²) in [5.74, 6) is -0.287. The number of aryl methyl sites for hydroxylation is 3. The van der Waals surface area contributed by atoms with Gasteiger partial charge in [-0.2, -0.15) is 0 Å². The second-order valence-electron chi connectivity index (χ2n) is 7.70. The van der Waals surface area contributed by atoms with Crippen LogP contribution in [0.3, 0.4) is 0 Å². The number of carbonyl (C=O) groups excluding carboxylic acids is 2. The van der Waals surface area contributed by atoms with Crippen molar-refractivity contribution >= 4 is 33.1 Å². The minimum absolute atomic E-state index is 0.0107. The highest BCUT2D eigenvalue weighted by atomic mass is 32.2. The SMILES string of the molecule is CCS(=O)(=O)Nc1ccc(NC(=O)CCC(=O)c2ccc3c(c2)CCCC3)cc1C. The Kier molecular flexibility index (Phi) is 6.92. The summed E-state index contributed by atoms with van der Waals surface area (Å²) in [5.41, 5.74) is 5.01. The van der Waals surface area contributed by atoms with Gasteiger partial charge in [-0.15, -0.1) is 0 Å². The number of anilines is 2. The van der Waals surface area contributed by atoms with Crippen LogP contribution >= 0.6 is 0 Å². The van der Waals surface area contributed by atoms with Crippen LogP contribution in [0.25, 0.3) is 0 Å². The van der Waals surface area contributed by atoms with E-state index in [1.807, 2.05) is 18.2 Å². The summed E-state index contributed by atoms with van der Waals surface area (Å²) in [6.07, 6.45) is 4.69. The van der Waals surface area contributed by atoms with Gasteiger partial charge in [-0.05, 0) is 80.5 Å². The molecule has 6 nitrogen and oxygen atoms in total. The van der Waals surface area contributed by atoms with Gasteiger partial charge in [-0.1, -0.05) is 12.1 Å². The van der Waals surface area contributed by atoms with E-state index >= 15 is 0 Å². The minimum atomic E-state index is -3.36. The van der Waals surface area contributed by atoms with Crippen molar-refractivity contribution < 1.29 is 18.0 Å². The number of fused-ring (bicyclic) bond motifs is 1. The van der Waals surface area contributed by atoms with Crippen molar-refractivity contribution in [3.05, 3.63) is 58.7 Å². The van der Waals surface area contributed by atoms with Crippen LogP contribution in [0.15, 0.2) is 36.4 Å². The van der Waals surface area contributed by atoms with Gasteiger partial charge < -0.3 is 5.32 Å². The van der Waals surface area contributed by atoms with E-state index in [9.17, 15) is 18.0 Å². The van der Waals surface area contributed by atoms with Crippen LogP contribution in [-0.4, -0.2) is 25.9 Å². The van der Waals surface area contributed by atoms with Crippen molar-refractivity contribution in [1.29, 1.82) is 0 Å². The summed E-state index contributed by atoms with van der Waals surface area (Å²) in [6.45, 7) is 3.33. The zero-order valence-corrected chi connectivity index (χ0v) is 18.3. The molecular weight excluding hydrogens is 400 g/mol. The molecule has 160 valence electrons. The maximum absolute atomic E-state index is 12.5. The smallest absolute Gasteiger partial charge is 0.232 e. The van der Waals surface area contributed by atoms with Crippen molar-refractivity contribution in [3.63, 3.8) is 0 Å². The van der Waals surface area contributed by atoms with E-state index < -0.39 is 10.0 Å². The summed E-state index contributed by atoms with van der Waals surface area (Å²) in [6, 6.07) is 10.9. The lowest BCUT2D eigenvalue weighted by atomic mass is 9.89. The van der Waals surface area contributed by atoms with E-state index in [4.69, 9.17) is 0 Å². The molecule has 0 spiro atoms. The molecule has 0 saturated heterocycles.